The fraction of sp³-hybridized carbons (Fsp3) is 0.770. The van der Waals surface area contributed by atoms with Crippen LogP contribution in [-0.4, -0.2) is 106 Å². The zero-order valence-electron chi connectivity index (χ0n) is 52.9. The molecule has 0 heterocycles. The Morgan fingerprint density at radius 1 is 0.740 bits per heavy atom. The van der Waals surface area contributed by atoms with Crippen LogP contribution in [0.15, 0.2) is 42.8 Å². The van der Waals surface area contributed by atoms with Gasteiger partial charge in [-0.15, -0.1) is 0 Å². The fourth-order valence-electron chi connectivity index (χ4n) is 5.92. The van der Waals surface area contributed by atoms with E-state index < -0.39 is 0 Å². The van der Waals surface area contributed by atoms with Crippen molar-refractivity contribution in [1.29, 1.82) is 0 Å². The van der Waals surface area contributed by atoms with Gasteiger partial charge in [-0.2, -0.15) is 0 Å². The summed E-state index contributed by atoms with van der Waals surface area (Å²) in [5, 5.41) is 8.06. The Kier molecular flexibility index (Phi) is 80.7. The van der Waals surface area contributed by atoms with E-state index in [0.29, 0.717) is 24.1 Å². The highest BCUT2D eigenvalue weighted by molar-refractivity contribution is 5.83. The number of benzene rings is 1. The first kappa shape index (κ1) is 88.9. The van der Waals surface area contributed by atoms with Crippen LogP contribution in [0.2, 0.25) is 0 Å². The summed E-state index contributed by atoms with van der Waals surface area (Å²) in [5.41, 5.74) is 3.67. The Morgan fingerprint density at radius 2 is 1.19 bits per heavy atom. The van der Waals surface area contributed by atoms with Crippen LogP contribution in [0.25, 0.3) is 0 Å². The van der Waals surface area contributed by atoms with E-state index in [0.717, 1.165) is 75.4 Å². The van der Waals surface area contributed by atoms with E-state index in [-0.39, 0.29) is 47.1 Å². The molecule has 3 N–H and O–H groups in total. The summed E-state index contributed by atoms with van der Waals surface area (Å²) < 4.78 is 5.60. The molecule has 1 aliphatic carbocycles. The van der Waals surface area contributed by atoms with Crippen molar-refractivity contribution < 1.29 is 33.5 Å². The molecule has 73 heavy (non-hydrogen) atoms. The van der Waals surface area contributed by atoms with Crippen molar-refractivity contribution in [2.24, 2.45) is 17.8 Å². The zero-order valence-corrected chi connectivity index (χ0v) is 52.9. The third-order valence-electron chi connectivity index (χ3n) is 10.2. The predicted octanol–water partition coefficient (Wildman–Crippen LogP) is 14.6. The minimum absolute atomic E-state index is 0.0289. The molecule has 1 fully saturated rings. The van der Waals surface area contributed by atoms with Gasteiger partial charge in [0.25, 0.3) is 0 Å². The van der Waals surface area contributed by atoms with E-state index in [9.17, 15) is 24.0 Å². The lowest BCUT2D eigenvalue weighted by atomic mass is 9.84. The van der Waals surface area contributed by atoms with Gasteiger partial charge in [0.1, 0.15) is 36.5 Å². The number of hydrazine groups is 1. The van der Waals surface area contributed by atoms with E-state index in [1.165, 1.54) is 25.7 Å². The molecule has 436 valence electrons. The maximum atomic E-state index is 12.4. The van der Waals surface area contributed by atoms with Gasteiger partial charge in [0.2, 0.25) is 5.91 Å². The number of nitrogens with zero attached hydrogens (tertiary/aromatic N) is 2. The van der Waals surface area contributed by atoms with Gasteiger partial charge in [-0.05, 0) is 118 Å². The molecule has 1 saturated carbocycles. The van der Waals surface area contributed by atoms with Gasteiger partial charge in [0.15, 0.2) is 5.88 Å². The molecule has 1 amide bonds. The molecule has 5 unspecified atom stereocenters. The van der Waals surface area contributed by atoms with Crippen LogP contribution in [0, 0.1) is 17.8 Å². The minimum atomic E-state index is -0.274. The lowest BCUT2D eigenvalue weighted by Gasteiger charge is -2.30. The smallest absolute Gasteiger partial charge is 0.237 e. The molecule has 5 atom stereocenters. The van der Waals surface area contributed by atoms with Crippen molar-refractivity contribution in [2.75, 3.05) is 35.2 Å². The van der Waals surface area contributed by atoms with Crippen LogP contribution in [0.4, 0.5) is 0 Å². The number of ketones is 2. The molecule has 0 radical (unpaired) electrons. The van der Waals surface area contributed by atoms with Crippen molar-refractivity contribution in [1.82, 2.24) is 26.0 Å². The van der Waals surface area contributed by atoms with Gasteiger partial charge in [0.05, 0.1) is 12.1 Å². The number of rotatable bonds is 21. The molecule has 12 nitrogen and oxygen atoms in total. The third kappa shape index (κ3) is 70.4. The van der Waals surface area contributed by atoms with Crippen molar-refractivity contribution in [3.63, 3.8) is 0 Å². The quantitative estimate of drug-likeness (QED) is 0.0612. The zero-order chi connectivity index (χ0) is 59.6. The van der Waals surface area contributed by atoms with Crippen LogP contribution >= 0.6 is 0 Å². The maximum Gasteiger partial charge on any atom is 0.237 e. The molecule has 0 aliphatic heterocycles. The van der Waals surface area contributed by atoms with Gasteiger partial charge < -0.3 is 34.5 Å². The second-order valence-corrected chi connectivity index (χ2v) is 18.7. The first-order chi connectivity index (χ1) is 34.4. The number of hydrogen-bond donors (Lipinski definition) is 3. The Labute approximate surface area is 454 Å². The van der Waals surface area contributed by atoms with Gasteiger partial charge in [-0.25, -0.2) is 0 Å². The summed E-state index contributed by atoms with van der Waals surface area (Å²) in [6.45, 7) is 47.9. The lowest BCUT2D eigenvalue weighted by molar-refractivity contribution is -0.127. The van der Waals surface area contributed by atoms with E-state index in [1.807, 2.05) is 172 Å². The Balaban J connectivity index is -0.0000000991. The summed E-state index contributed by atoms with van der Waals surface area (Å²) in [6.07, 6.45) is 15.1. The summed E-state index contributed by atoms with van der Waals surface area (Å²) in [7, 11) is 9.61. The highest BCUT2D eigenvalue weighted by Gasteiger charge is 2.25. The van der Waals surface area contributed by atoms with Crippen LogP contribution in [0.5, 0.6) is 0 Å². The number of likely N-dealkylation sites (N-methyl/N-ethyl adjacent to an activating group) is 1. The summed E-state index contributed by atoms with van der Waals surface area (Å²) >= 11 is 0. The van der Waals surface area contributed by atoms with Gasteiger partial charge in [-0.1, -0.05) is 180 Å². The summed E-state index contributed by atoms with van der Waals surface area (Å²) in [6, 6.07) is 9.45. The number of Topliss-reactive ketones (excluding diaryl/α,β-unsaturated/α-hetero) is 2. The molecule has 1 aromatic rings. The number of amides is 1. The molecule has 1 aromatic carbocycles. The fourth-order valence-corrected chi connectivity index (χ4v) is 5.92. The number of carbonyl (C=O) groups excluding carboxylic acids is 6. The molecular formula is C61H125N5O7. The molecular weight excluding hydrogens is 915 g/mol. The number of nitrogens with one attached hydrogen (secondary N) is 3. The first-order valence-electron chi connectivity index (χ1n) is 28.1. The maximum absolute atomic E-state index is 12.4. The molecule has 12 heteroatoms. The Bertz CT molecular complexity index is 1310. The normalized spacial score (nSPS) is 12.9. The molecule has 0 saturated heterocycles. The van der Waals surface area contributed by atoms with E-state index in [2.05, 4.69) is 64.2 Å². The molecule has 1 aliphatic rings. The SMILES string of the molecule is C=C(NC(C=O)C1CCCCC1)OC(C)(C)C.C=O.CC.CC.CC.CC.CC(C=O)c1ccccc1.CCC(C)C.CCCC(C(=O)NC(CC(C)=O)CC(C)CC)N(C)C.CCCC(C)=O.CNN(C)C. The number of ether oxygens (including phenoxy) is 1. The van der Waals surface area contributed by atoms with Gasteiger partial charge >= 0.3 is 0 Å². The van der Waals surface area contributed by atoms with Gasteiger partial charge in [-0.3, -0.25) is 24.9 Å². The highest BCUT2D eigenvalue weighted by atomic mass is 16.5. The van der Waals surface area contributed by atoms with Crippen LogP contribution in [0.3, 0.4) is 0 Å². The van der Waals surface area contributed by atoms with Gasteiger partial charge in [0, 0.05) is 38.9 Å². The molecule has 0 aromatic heterocycles. The van der Waals surface area contributed by atoms with E-state index in [4.69, 9.17) is 9.53 Å². The minimum Gasteiger partial charge on any atom is -0.474 e. The van der Waals surface area contributed by atoms with Crippen molar-refractivity contribution >= 4 is 36.8 Å². The van der Waals surface area contributed by atoms with Crippen molar-refractivity contribution in [3.8, 4) is 0 Å². The standard InChI is InChI=1S/C16H32N2O2.C14H25NO2.C9H10O.C5H10O.C5H12.C3H10N2.4C2H6.CH2O/c1-7-9-15(18(5)6)16(20)17-14(11-13(4)19)10-12(3)8-2;1-11(17-14(2,3)4)15-13(10-16)12-8-6-5-7-9-12;1-8(7-10)9-5-3-2-4-6-9;1-3-4-5(2)6;2*1-4-5(2)3;5*1-2/h12,14-15H,7-11H2,1-6H3,(H,17,20);10,12-13,15H,1,5-9H2,2-4H3;2-8H,1H3;3-4H2,1-2H3;5H,4H2,1-3H3;4H,1-3H3;4*1-2H3;1H2. The second kappa shape index (κ2) is 66.3. The second-order valence-electron chi connectivity index (χ2n) is 18.7. The molecule has 2 rings (SSSR count). The average molecular weight is 1040 g/mol. The Morgan fingerprint density at radius 3 is 1.48 bits per heavy atom. The van der Waals surface area contributed by atoms with Crippen molar-refractivity contribution in [3.05, 3.63) is 48.4 Å². The first-order valence-corrected chi connectivity index (χ1v) is 28.1. The third-order valence-corrected chi connectivity index (χ3v) is 10.2. The average Bonchev–Trinajstić information content (AvgIpc) is 3.38. The summed E-state index contributed by atoms with van der Waals surface area (Å²) in [4.78, 5) is 65.2. The van der Waals surface area contributed by atoms with Crippen LogP contribution in [-0.2, 0) is 33.5 Å². The van der Waals surface area contributed by atoms with Crippen LogP contribution < -0.4 is 16.1 Å². The summed E-state index contributed by atoms with van der Waals surface area (Å²) in [5.74, 6) is 2.83. The number of carbonyl (C=O) groups is 6. The number of hydrogen-bond acceptors (Lipinski definition) is 11. The topological polar surface area (TPSA) is 154 Å². The highest BCUT2D eigenvalue weighted by Crippen LogP contribution is 2.26. The van der Waals surface area contributed by atoms with E-state index in [1.54, 1.807) is 13.8 Å². The van der Waals surface area contributed by atoms with Crippen molar-refractivity contribution in [2.45, 2.75) is 259 Å². The monoisotopic (exact) mass is 1040 g/mol. The molecule has 0 bridgehead atoms. The van der Waals surface area contributed by atoms with Crippen LogP contribution in [0.1, 0.15) is 240 Å². The number of aldehydes is 2. The predicted molar refractivity (Wildman–Crippen MR) is 320 cm³/mol. The molecule has 0 spiro atoms. The van der Waals surface area contributed by atoms with E-state index >= 15 is 0 Å². The largest absolute Gasteiger partial charge is 0.474 e. The lowest BCUT2D eigenvalue weighted by Crippen LogP contribution is -2.48. The Hall–Kier alpha value is -3.74.